The molecule has 3 saturated heterocycles. The first-order valence-corrected chi connectivity index (χ1v) is 11.7. The molecule has 3 fully saturated rings. The van der Waals surface area contributed by atoms with Crippen LogP contribution < -0.4 is 15.1 Å². The number of hydrogen-bond donors (Lipinski definition) is 1. The number of aromatic nitrogens is 2. The predicted molar refractivity (Wildman–Crippen MR) is 120 cm³/mol. The lowest BCUT2D eigenvalue weighted by Gasteiger charge is -2.33. The smallest absolute Gasteiger partial charge is 0.223 e. The molecule has 1 aromatic heterocycles. The zero-order valence-electron chi connectivity index (χ0n) is 18.4. The second-order valence-corrected chi connectivity index (χ2v) is 8.99. The van der Waals surface area contributed by atoms with Gasteiger partial charge in [-0.05, 0) is 57.8 Å². The fourth-order valence-corrected chi connectivity index (χ4v) is 4.70. The monoisotopic (exact) mass is 415 g/mol. The summed E-state index contributed by atoms with van der Waals surface area (Å²) >= 11 is 0. The maximum Gasteiger partial charge on any atom is 0.223 e. The number of rotatable bonds is 7. The molecule has 3 aliphatic heterocycles. The molecular formula is C22H37N7O. The number of piperidine rings is 1. The fraction of sp³-hybridized carbons (Fsp3) is 0.773. The van der Waals surface area contributed by atoms with Crippen molar-refractivity contribution in [2.75, 3.05) is 82.3 Å². The van der Waals surface area contributed by atoms with Gasteiger partial charge in [-0.25, -0.2) is 0 Å². The van der Waals surface area contributed by atoms with E-state index in [1.54, 1.807) is 0 Å². The van der Waals surface area contributed by atoms with Crippen LogP contribution in [0.5, 0.6) is 0 Å². The van der Waals surface area contributed by atoms with Gasteiger partial charge in [0.1, 0.15) is 0 Å². The van der Waals surface area contributed by atoms with Gasteiger partial charge in [0, 0.05) is 64.8 Å². The second kappa shape index (κ2) is 10.4. The van der Waals surface area contributed by atoms with E-state index in [1.807, 2.05) is 0 Å². The first kappa shape index (κ1) is 21.3. The zero-order chi connectivity index (χ0) is 20.8. The Bertz CT molecular complexity index is 661. The van der Waals surface area contributed by atoms with Gasteiger partial charge in [-0.2, -0.15) is 0 Å². The highest BCUT2D eigenvalue weighted by molar-refractivity contribution is 5.78. The fourth-order valence-electron chi connectivity index (χ4n) is 4.70. The number of carbonyl (C=O) groups is 1. The third-order valence-electron chi connectivity index (χ3n) is 6.80. The number of anilines is 2. The molecule has 0 bridgehead atoms. The third-order valence-corrected chi connectivity index (χ3v) is 6.80. The highest BCUT2D eigenvalue weighted by atomic mass is 16.1. The lowest BCUT2D eigenvalue weighted by atomic mass is 9.96. The molecule has 0 atom stereocenters. The number of nitrogens with zero attached hydrogens (tertiary/aromatic N) is 6. The summed E-state index contributed by atoms with van der Waals surface area (Å²) < 4.78 is 0. The Kier molecular flexibility index (Phi) is 7.38. The number of amides is 1. The normalized spacial score (nSPS) is 21.9. The van der Waals surface area contributed by atoms with E-state index < -0.39 is 0 Å². The van der Waals surface area contributed by atoms with Crippen molar-refractivity contribution in [2.24, 2.45) is 5.92 Å². The lowest BCUT2D eigenvalue weighted by molar-refractivity contribution is -0.125. The molecule has 1 aromatic rings. The van der Waals surface area contributed by atoms with Gasteiger partial charge < -0.3 is 24.9 Å². The number of nitrogens with one attached hydrogen (secondary N) is 1. The minimum absolute atomic E-state index is 0.127. The van der Waals surface area contributed by atoms with Crippen molar-refractivity contribution in [1.29, 1.82) is 0 Å². The molecule has 30 heavy (non-hydrogen) atoms. The molecule has 0 radical (unpaired) electrons. The van der Waals surface area contributed by atoms with Crippen molar-refractivity contribution < 1.29 is 4.79 Å². The van der Waals surface area contributed by atoms with Crippen LogP contribution >= 0.6 is 0 Å². The lowest BCUT2D eigenvalue weighted by Crippen LogP contribution is -2.45. The average Bonchev–Trinajstić information content (AvgIpc) is 3.33. The first-order valence-electron chi connectivity index (χ1n) is 11.7. The molecule has 8 nitrogen and oxygen atoms in total. The van der Waals surface area contributed by atoms with E-state index in [1.165, 1.54) is 12.8 Å². The van der Waals surface area contributed by atoms with Crippen LogP contribution in [0.1, 0.15) is 32.1 Å². The summed E-state index contributed by atoms with van der Waals surface area (Å²) in [6, 6.07) is 4.17. The van der Waals surface area contributed by atoms with E-state index >= 15 is 0 Å². The van der Waals surface area contributed by atoms with Crippen molar-refractivity contribution in [3.63, 3.8) is 0 Å². The largest absolute Gasteiger partial charge is 0.356 e. The molecule has 8 heteroatoms. The zero-order valence-corrected chi connectivity index (χ0v) is 18.4. The first-order chi connectivity index (χ1) is 14.7. The molecule has 1 amide bonds. The van der Waals surface area contributed by atoms with Gasteiger partial charge in [-0.1, -0.05) is 0 Å². The maximum absolute atomic E-state index is 12.5. The van der Waals surface area contributed by atoms with Crippen LogP contribution in [0.15, 0.2) is 12.1 Å². The van der Waals surface area contributed by atoms with E-state index in [0.29, 0.717) is 0 Å². The van der Waals surface area contributed by atoms with Gasteiger partial charge in [0.2, 0.25) is 5.91 Å². The van der Waals surface area contributed by atoms with Crippen molar-refractivity contribution in [2.45, 2.75) is 32.1 Å². The SMILES string of the molecule is CN1CCN(CCCNC(=O)C2CCN(c3ccc(N4CCCC4)nn3)CC2)CC1. The highest BCUT2D eigenvalue weighted by Crippen LogP contribution is 2.23. The number of piperazine rings is 1. The van der Waals surface area contributed by atoms with Crippen molar-refractivity contribution >= 4 is 17.5 Å². The molecule has 4 heterocycles. The van der Waals surface area contributed by atoms with Crippen LogP contribution in [0, 0.1) is 5.92 Å². The molecule has 1 N–H and O–H groups in total. The van der Waals surface area contributed by atoms with Crippen LogP contribution in [0.25, 0.3) is 0 Å². The van der Waals surface area contributed by atoms with Gasteiger partial charge in [0.25, 0.3) is 0 Å². The molecule has 0 aliphatic carbocycles. The third kappa shape index (κ3) is 5.60. The minimum Gasteiger partial charge on any atom is -0.356 e. The average molecular weight is 416 g/mol. The summed E-state index contributed by atoms with van der Waals surface area (Å²) in [6.45, 7) is 10.4. The predicted octanol–water partition coefficient (Wildman–Crippen LogP) is 1.05. The second-order valence-electron chi connectivity index (χ2n) is 8.99. The van der Waals surface area contributed by atoms with E-state index in [0.717, 1.165) is 96.3 Å². The maximum atomic E-state index is 12.5. The Labute approximate surface area is 180 Å². The van der Waals surface area contributed by atoms with E-state index in [-0.39, 0.29) is 11.8 Å². The van der Waals surface area contributed by atoms with Crippen molar-refractivity contribution in [3.05, 3.63) is 12.1 Å². The highest BCUT2D eigenvalue weighted by Gasteiger charge is 2.26. The summed E-state index contributed by atoms with van der Waals surface area (Å²) in [6.07, 6.45) is 5.30. The van der Waals surface area contributed by atoms with Crippen molar-refractivity contribution in [1.82, 2.24) is 25.3 Å². The van der Waals surface area contributed by atoms with Gasteiger partial charge in [0.05, 0.1) is 0 Å². The summed E-state index contributed by atoms with van der Waals surface area (Å²) in [4.78, 5) is 22.0. The summed E-state index contributed by atoms with van der Waals surface area (Å²) in [5, 5.41) is 12.0. The molecular weight excluding hydrogens is 378 g/mol. The van der Waals surface area contributed by atoms with E-state index in [4.69, 9.17) is 0 Å². The molecule has 0 aromatic carbocycles. The topological polar surface area (TPSA) is 67.8 Å². The Hall–Kier alpha value is -1.93. The van der Waals surface area contributed by atoms with Crippen LogP contribution in [0.4, 0.5) is 11.6 Å². The van der Waals surface area contributed by atoms with Crippen LogP contribution in [-0.4, -0.2) is 98.4 Å². The van der Waals surface area contributed by atoms with E-state index in [2.05, 4.69) is 54.3 Å². The molecule has 0 unspecified atom stereocenters. The van der Waals surface area contributed by atoms with Crippen LogP contribution in [0.3, 0.4) is 0 Å². The van der Waals surface area contributed by atoms with Crippen LogP contribution in [0.2, 0.25) is 0 Å². The summed E-state index contributed by atoms with van der Waals surface area (Å²) in [5.74, 6) is 2.27. The molecule has 4 rings (SSSR count). The standard InChI is InChI=1S/C22H37N7O/c1-26-15-17-27(18-16-26)10-4-9-23-22(30)19-7-13-29(14-8-19)21-6-5-20(24-25-21)28-11-2-3-12-28/h5-6,19H,2-4,7-18H2,1H3,(H,23,30). The number of likely N-dealkylation sites (N-methyl/N-ethyl adjacent to an activating group) is 1. The quantitative estimate of drug-likeness (QED) is 0.668. The Morgan fingerprint density at radius 3 is 2.13 bits per heavy atom. The minimum atomic E-state index is 0.127. The molecule has 0 spiro atoms. The number of carbonyl (C=O) groups excluding carboxylic acids is 1. The Morgan fingerprint density at radius 2 is 1.53 bits per heavy atom. The molecule has 166 valence electrons. The van der Waals surface area contributed by atoms with Crippen molar-refractivity contribution in [3.8, 4) is 0 Å². The van der Waals surface area contributed by atoms with E-state index in [9.17, 15) is 4.79 Å². The number of hydrogen-bond acceptors (Lipinski definition) is 7. The van der Waals surface area contributed by atoms with Gasteiger partial charge in [-0.3, -0.25) is 4.79 Å². The Morgan fingerprint density at radius 1 is 0.933 bits per heavy atom. The Balaban J connectivity index is 1.14. The van der Waals surface area contributed by atoms with Crippen LogP contribution in [-0.2, 0) is 4.79 Å². The van der Waals surface area contributed by atoms with Gasteiger partial charge >= 0.3 is 0 Å². The summed E-state index contributed by atoms with van der Waals surface area (Å²) in [7, 11) is 2.18. The van der Waals surface area contributed by atoms with Gasteiger partial charge in [-0.15, -0.1) is 10.2 Å². The molecule has 3 aliphatic rings. The molecule has 0 saturated carbocycles. The summed E-state index contributed by atoms with van der Waals surface area (Å²) in [5.41, 5.74) is 0. The van der Waals surface area contributed by atoms with Gasteiger partial charge in [0.15, 0.2) is 11.6 Å².